The summed E-state index contributed by atoms with van der Waals surface area (Å²) in [6.45, 7) is 13.5. The van der Waals surface area contributed by atoms with Crippen LogP contribution in [0.4, 0.5) is 0 Å². The van der Waals surface area contributed by atoms with Gasteiger partial charge in [-0.15, -0.1) is 6.58 Å². The van der Waals surface area contributed by atoms with Crippen molar-refractivity contribution in [3.63, 3.8) is 0 Å². The minimum absolute atomic E-state index is 0.179. The number of nitrogens with zero attached hydrogens (tertiary/aromatic N) is 2. The third-order valence-electron chi connectivity index (χ3n) is 6.99. The number of carbonyl (C=O) groups excluding carboxylic acids is 2. The van der Waals surface area contributed by atoms with E-state index in [2.05, 4.69) is 6.58 Å². The summed E-state index contributed by atoms with van der Waals surface area (Å²) in [7, 11) is 0. The molecule has 3 rings (SSSR count). The van der Waals surface area contributed by atoms with Gasteiger partial charge >= 0.3 is 5.97 Å². The largest absolute Gasteiger partial charge is 0.481 e. The number of amides is 2. The molecule has 0 radical (unpaired) electrons. The van der Waals surface area contributed by atoms with Crippen molar-refractivity contribution in [2.45, 2.75) is 83.2 Å². The highest BCUT2D eigenvalue weighted by Gasteiger charge is 2.75. The first-order valence-electron chi connectivity index (χ1n) is 11.2. The Morgan fingerprint density at radius 2 is 2.03 bits per heavy atom. The highest BCUT2D eigenvalue weighted by molar-refractivity contribution is 5.98. The zero-order chi connectivity index (χ0) is 23.3. The monoisotopic (exact) mass is 436 g/mol. The number of carbonyl (C=O) groups is 3. The second kappa shape index (κ2) is 8.20. The Morgan fingerprint density at radius 1 is 1.39 bits per heavy atom. The lowest BCUT2D eigenvalue weighted by atomic mass is 9.70. The van der Waals surface area contributed by atoms with Crippen molar-refractivity contribution in [2.24, 2.45) is 17.8 Å². The van der Waals surface area contributed by atoms with E-state index < -0.39 is 47.1 Å². The van der Waals surface area contributed by atoms with Crippen LogP contribution < -0.4 is 0 Å². The topological polar surface area (TPSA) is 107 Å². The van der Waals surface area contributed by atoms with Crippen LogP contribution in [0.25, 0.3) is 0 Å². The lowest BCUT2D eigenvalue weighted by Gasteiger charge is -2.43. The summed E-state index contributed by atoms with van der Waals surface area (Å²) in [5.74, 6) is -3.44. The molecule has 0 aliphatic carbocycles. The van der Waals surface area contributed by atoms with Crippen LogP contribution in [0.1, 0.15) is 53.9 Å². The molecule has 1 spiro atoms. The molecular weight excluding hydrogens is 400 g/mol. The van der Waals surface area contributed by atoms with Gasteiger partial charge < -0.3 is 24.7 Å². The van der Waals surface area contributed by atoms with E-state index in [4.69, 9.17) is 4.74 Å². The lowest BCUT2D eigenvalue weighted by molar-refractivity contribution is -0.155. The standard InChI is InChI=1S/C23H36N2O6/c1-7-10-24(22(4,5)6)20(28)18-23-9-8-15(31-23)16(21(29)30)17(23)19(27)25(18)14(12-26)11-13(2)3/h7,13-18,26H,1,8-12H2,2-6H3,(H,29,30)/t14-,15-,16+,17+,18-,23+/m1/s1. The Hall–Kier alpha value is -1.93. The van der Waals surface area contributed by atoms with Crippen molar-refractivity contribution in [2.75, 3.05) is 13.2 Å². The zero-order valence-electron chi connectivity index (χ0n) is 19.2. The number of ether oxygens (including phenoxy) is 1. The molecule has 6 atom stereocenters. The van der Waals surface area contributed by atoms with Crippen LogP contribution in [0.2, 0.25) is 0 Å². The van der Waals surface area contributed by atoms with E-state index in [1.54, 1.807) is 11.0 Å². The smallest absolute Gasteiger partial charge is 0.310 e. The molecule has 0 unspecified atom stereocenters. The molecule has 3 aliphatic heterocycles. The highest BCUT2D eigenvalue weighted by atomic mass is 16.5. The molecule has 2 N–H and O–H groups in total. The molecule has 3 aliphatic rings. The van der Waals surface area contributed by atoms with Crippen LogP contribution in [0, 0.1) is 17.8 Å². The first-order chi connectivity index (χ1) is 14.4. The van der Waals surface area contributed by atoms with E-state index >= 15 is 0 Å². The van der Waals surface area contributed by atoms with E-state index in [1.807, 2.05) is 34.6 Å². The quantitative estimate of drug-likeness (QED) is 0.561. The summed E-state index contributed by atoms with van der Waals surface area (Å²) in [5.41, 5.74) is -1.71. The maximum absolute atomic E-state index is 14.0. The molecule has 0 aromatic heterocycles. The Labute approximate surface area is 184 Å². The van der Waals surface area contributed by atoms with Crippen LogP contribution in [0.5, 0.6) is 0 Å². The third-order valence-corrected chi connectivity index (χ3v) is 6.99. The molecule has 3 fully saturated rings. The second-order valence-electron chi connectivity index (χ2n) is 10.5. The predicted molar refractivity (Wildman–Crippen MR) is 114 cm³/mol. The van der Waals surface area contributed by atoms with Crippen molar-refractivity contribution < 1.29 is 29.3 Å². The average molecular weight is 437 g/mol. The van der Waals surface area contributed by atoms with Crippen LogP contribution >= 0.6 is 0 Å². The summed E-state index contributed by atoms with van der Waals surface area (Å²) in [4.78, 5) is 42.9. The fourth-order valence-corrected chi connectivity index (χ4v) is 5.84. The zero-order valence-corrected chi connectivity index (χ0v) is 19.2. The predicted octanol–water partition coefficient (Wildman–Crippen LogP) is 1.67. The Kier molecular flexibility index (Phi) is 6.28. The van der Waals surface area contributed by atoms with Crippen molar-refractivity contribution in [3.8, 4) is 0 Å². The van der Waals surface area contributed by atoms with Crippen LogP contribution in [0.15, 0.2) is 12.7 Å². The molecule has 3 saturated heterocycles. The number of fused-ring (bicyclic) bond motifs is 1. The van der Waals surface area contributed by atoms with Gasteiger partial charge in [-0.05, 0) is 46.0 Å². The van der Waals surface area contributed by atoms with E-state index in [-0.39, 0.29) is 24.3 Å². The minimum atomic E-state index is -1.17. The molecule has 31 heavy (non-hydrogen) atoms. The summed E-state index contributed by atoms with van der Waals surface area (Å²) in [5, 5.41) is 20.0. The number of aliphatic hydroxyl groups excluding tert-OH is 1. The second-order valence-corrected chi connectivity index (χ2v) is 10.5. The van der Waals surface area contributed by atoms with Gasteiger partial charge in [0.2, 0.25) is 11.8 Å². The van der Waals surface area contributed by atoms with Gasteiger partial charge in [0, 0.05) is 12.1 Å². The van der Waals surface area contributed by atoms with Crippen molar-refractivity contribution >= 4 is 17.8 Å². The lowest BCUT2D eigenvalue weighted by Crippen LogP contribution is -2.61. The van der Waals surface area contributed by atoms with Gasteiger partial charge in [0.25, 0.3) is 0 Å². The van der Waals surface area contributed by atoms with Crippen molar-refractivity contribution in [1.29, 1.82) is 0 Å². The first kappa shape index (κ1) is 23.7. The fraction of sp³-hybridized carbons (Fsp3) is 0.783. The Bertz CT molecular complexity index is 760. The minimum Gasteiger partial charge on any atom is -0.481 e. The Balaban J connectivity index is 2.13. The van der Waals surface area contributed by atoms with E-state index in [0.29, 0.717) is 25.8 Å². The normalized spacial score (nSPS) is 33.0. The number of hydrogen-bond acceptors (Lipinski definition) is 5. The van der Waals surface area contributed by atoms with Gasteiger partial charge in [-0.1, -0.05) is 19.9 Å². The van der Waals surface area contributed by atoms with Gasteiger partial charge in [0.05, 0.1) is 30.6 Å². The third kappa shape index (κ3) is 3.67. The molecule has 8 heteroatoms. The van der Waals surface area contributed by atoms with Crippen molar-refractivity contribution in [1.82, 2.24) is 9.80 Å². The molecule has 2 bridgehead atoms. The van der Waals surface area contributed by atoms with E-state index in [0.717, 1.165) is 0 Å². The van der Waals surface area contributed by atoms with Gasteiger partial charge in [-0.2, -0.15) is 0 Å². The number of aliphatic hydroxyl groups is 1. The van der Waals surface area contributed by atoms with Gasteiger partial charge in [0.15, 0.2) is 0 Å². The molecule has 0 aromatic carbocycles. The molecule has 8 nitrogen and oxygen atoms in total. The molecular formula is C23H36N2O6. The SMILES string of the molecule is C=CCN(C(=O)[C@H]1N([C@@H](CO)CC(C)C)C(=O)[C@@H]2[C@@H](C(=O)O)[C@H]3CC[C@]21O3)C(C)(C)C. The van der Waals surface area contributed by atoms with Gasteiger partial charge in [-0.25, -0.2) is 0 Å². The maximum Gasteiger partial charge on any atom is 0.310 e. The van der Waals surface area contributed by atoms with E-state index in [1.165, 1.54) is 4.90 Å². The fourth-order valence-electron chi connectivity index (χ4n) is 5.84. The van der Waals surface area contributed by atoms with Gasteiger partial charge in [-0.3, -0.25) is 14.4 Å². The molecule has 3 heterocycles. The number of likely N-dealkylation sites (tertiary alicyclic amines) is 1. The molecule has 174 valence electrons. The maximum atomic E-state index is 14.0. The molecule has 0 aromatic rings. The number of hydrogen-bond donors (Lipinski definition) is 2. The number of rotatable bonds is 8. The number of carboxylic acids is 1. The summed E-state index contributed by atoms with van der Waals surface area (Å²) < 4.78 is 6.23. The van der Waals surface area contributed by atoms with E-state index in [9.17, 15) is 24.6 Å². The van der Waals surface area contributed by atoms with Gasteiger partial charge in [0.1, 0.15) is 11.6 Å². The summed E-state index contributed by atoms with van der Waals surface area (Å²) in [6.07, 6.45) is 2.54. The van der Waals surface area contributed by atoms with Crippen LogP contribution in [0.3, 0.4) is 0 Å². The first-order valence-corrected chi connectivity index (χ1v) is 11.2. The summed E-state index contributed by atoms with van der Waals surface area (Å²) >= 11 is 0. The molecule has 2 amide bonds. The summed E-state index contributed by atoms with van der Waals surface area (Å²) in [6, 6.07) is -1.54. The van der Waals surface area contributed by atoms with Crippen LogP contribution in [-0.4, -0.2) is 80.3 Å². The van der Waals surface area contributed by atoms with Crippen LogP contribution in [-0.2, 0) is 19.1 Å². The number of aliphatic carboxylic acids is 1. The molecule has 0 saturated carbocycles. The number of carboxylic acid groups (broad SMARTS) is 1. The highest BCUT2D eigenvalue weighted by Crippen LogP contribution is 2.59. The van der Waals surface area contributed by atoms with Crippen molar-refractivity contribution in [3.05, 3.63) is 12.7 Å². The average Bonchev–Trinajstić information content (AvgIpc) is 3.30. The Morgan fingerprint density at radius 3 is 2.52 bits per heavy atom.